The minimum Gasteiger partial charge on any atom is -0.379 e. The Morgan fingerprint density at radius 1 is 1.03 bits per heavy atom. The van der Waals surface area contributed by atoms with Crippen molar-refractivity contribution in [3.63, 3.8) is 0 Å². The molecule has 2 heterocycles. The summed E-state index contributed by atoms with van der Waals surface area (Å²) in [7, 11) is 0. The first-order chi connectivity index (χ1) is 15.5. The van der Waals surface area contributed by atoms with Crippen LogP contribution in [-0.4, -0.2) is 47.9 Å². The van der Waals surface area contributed by atoms with E-state index in [1.165, 1.54) is 11.1 Å². The van der Waals surface area contributed by atoms with Gasteiger partial charge in [-0.05, 0) is 56.7 Å². The number of hydrazone groups is 1. The first-order valence-corrected chi connectivity index (χ1v) is 11.0. The van der Waals surface area contributed by atoms with Gasteiger partial charge in [0.05, 0.1) is 19.4 Å². The molecule has 1 fully saturated rings. The third kappa shape index (κ3) is 5.15. The van der Waals surface area contributed by atoms with Gasteiger partial charge in [0.2, 0.25) is 0 Å². The summed E-state index contributed by atoms with van der Waals surface area (Å²) in [4.78, 5) is 14.8. The zero-order valence-electron chi connectivity index (χ0n) is 19.0. The summed E-state index contributed by atoms with van der Waals surface area (Å²) in [6.07, 6.45) is 1.71. The Morgan fingerprint density at radius 3 is 2.41 bits per heavy atom. The van der Waals surface area contributed by atoms with Crippen molar-refractivity contribution < 1.29 is 9.53 Å². The topological polar surface area (TPSA) is 58.9 Å². The molecular weight excluding hydrogens is 400 g/mol. The fourth-order valence-electron chi connectivity index (χ4n) is 4.01. The molecule has 1 saturated heterocycles. The van der Waals surface area contributed by atoms with Crippen molar-refractivity contribution in [2.24, 2.45) is 5.10 Å². The number of morpholine rings is 1. The lowest BCUT2D eigenvalue weighted by atomic mass is 10.1. The average Bonchev–Trinajstić information content (AvgIpc) is 3.08. The average molecular weight is 431 g/mol. The number of amides is 1. The monoisotopic (exact) mass is 430 g/mol. The second kappa shape index (κ2) is 9.94. The van der Waals surface area contributed by atoms with E-state index in [2.05, 4.69) is 71.1 Å². The summed E-state index contributed by atoms with van der Waals surface area (Å²) < 4.78 is 7.58. The fraction of sp³-hybridized carbons (Fsp3) is 0.308. The first-order valence-electron chi connectivity index (χ1n) is 11.0. The number of carbonyl (C=O) groups is 1. The molecule has 3 aromatic rings. The van der Waals surface area contributed by atoms with Gasteiger partial charge in [-0.15, -0.1) is 0 Å². The van der Waals surface area contributed by atoms with Gasteiger partial charge in [-0.3, -0.25) is 9.69 Å². The number of rotatable bonds is 6. The van der Waals surface area contributed by atoms with Gasteiger partial charge in [-0.25, -0.2) is 5.43 Å². The normalized spacial score (nSPS) is 14.7. The minimum absolute atomic E-state index is 0.216. The SMILES string of the molecule is Cc1ccc(-n2c(C)cc(/C=N\NC(=O)c3ccc(CN4CCOCC4)cc3)c2C)cc1. The van der Waals surface area contributed by atoms with Crippen molar-refractivity contribution >= 4 is 12.1 Å². The van der Waals surface area contributed by atoms with Gasteiger partial charge >= 0.3 is 0 Å². The highest BCUT2D eigenvalue weighted by Crippen LogP contribution is 2.20. The van der Waals surface area contributed by atoms with E-state index in [0.717, 1.165) is 55.5 Å². The third-order valence-corrected chi connectivity index (χ3v) is 5.86. The Bertz CT molecular complexity index is 1090. The van der Waals surface area contributed by atoms with Crippen LogP contribution in [0.15, 0.2) is 59.7 Å². The molecule has 6 heteroatoms. The Labute approximate surface area is 189 Å². The number of aromatic nitrogens is 1. The number of hydrogen-bond donors (Lipinski definition) is 1. The van der Waals surface area contributed by atoms with Crippen molar-refractivity contribution in [3.05, 3.63) is 88.2 Å². The van der Waals surface area contributed by atoms with Gasteiger partial charge in [0.1, 0.15) is 0 Å². The quantitative estimate of drug-likeness (QED) is 0.475. The molecule has 0 atom stereocenters. The van der Waals surface area contributed by atoms with E-state index < -0.39 is 0 Å². The molecule has 1 aromatic heterocycles. The van der Waals surface area contributed by atoms with E-state index in [1.54, 1.807) is 6.21 Å². The van der Waals surface area contributed by atoms with Gasteiger partial charge in [-0.2, -0.15) is 5.10 Å². The van der Waals surface area contributed by atoms with Crippen LogP contribution in [0, 0.1) is 20.8 Å². The number of nitrogens with zero attached hydrogens (tertiary/aromatic N) is 3. The maximum atomic E-state index is 12.5. The van der Waals surface area contributed by atoms with Gasteiger partial charge < -0.3 is 9.30 Å². The summed E-state index contributed by atoms with van der Waals surface area (Å²) in [6.45, 7) is 10.5. The van der Waals surface area contributed by atoms with E-state index in [-0.39, 0.29) is 5.91 Å². The summed E-state index contributed by atoms with van der Waals surface area (Å²) in [5.41, 5.74) is 9.96. The minimum atomic E-state index is -0.216. The third-order valence-electron chi connectivity index (χ3n) is 5.86. The van der Waals surface area contributed by atoms with E-state index >= 15 is 0 Å². The number of hydrogen-bond acceptors (Lipinski definition) is 4. The maximum Gasteiger partial charge on any atom is 0.271 e. The Hall–Kier alpha value is -3.22. The second-order valence-corrected chi connectivity index (χ2v) is 8.28. The van der Waals surface area contributed by atoms with Gasteiger partial charge in [0, 0.05) is 47.8 Å². The number of benzene rings is 2. The first kappa shape index (κ1) is 22.0. The van der Waals surface area contributed by atoms with Crippen LogP contribution in [0.25, 0.3) is 5.69 Å². The summed E-state index contributed by atoms with van der Waals surface area (Å²) >= 11 is 0. The van der Waals surface area contributed by atoms with Crippen LogP contribution in [0.4, 0.5) is 0 Å². The van der Waals surface area contributed by atoms with Crippen LogP contribution in [0.2, 0.25) is 0 Å². The molecule has 0 aliphatic carbocycles. The molecule has 6 nitrogen and oxygen atoms in total. The smallest absolute Gasteiger partial charge is 0.271 e. The number of carbonyl (C=O) groups excluding carboxylic acids is 1. The number of aryl methyl sites for hydroxylation is 2. The highest BCUT2D eigenvalue weighted by Gasteiger charge is 2.12. The number of ether oxygens (including phenoxy) is 1. The largest absolute Gasteiger partial charge is 0.379 e. The molecule has 4 rings (SSSR count). The van der Waals surface area contributed by atoms with E-state index in [0.29, 0.717) is 5.56 Å². The molecule has 1 N–H and O–H groups in total. The van der Waals surface area contributed by atoms with Crippen molar-refractivity contribution in [1.29, 1.82) is 0 Å². The molecule has 0 saturated carbocycles. The van der Waals surface area contributed by atoms with Gasteiger partial charge in [0.15, 0.2) is 0 Å². The Morgan fingerprint density at radius 2 is 1.72 bits per heavy atom. The van der Waals surface area contributed by atoms with Crippen LogP contribution in [0.3, 0.4) is 0 Å². The van der Waals surface area contributed by atoms with Crippen molar-refractivity contribution in [2.75, 3.05) is 26.3 Å². The Kier molecular flexibility index (Phi) is 6.83. The lowest BCUT2D eigenvalue weighted by Crippen LogP contribution is -2.35. The maximum absolute atomic E-state index is 12.5. The highest BCUT2D eigenvalue weighted by molar-refractivity contribution is 5.95. The van der Waals surface area contributed by atoms with Crippen molar-refractivity contribution in [1.82, 2.24) is 14.9 Å². The zero-order chi connectivity index (χ0) is 22.5. The van der Waals surface area contributed by atoms with E-state index in [1.807, 2.05) is 24.3 Å². The molecular formula is C26H30N4O2. The summed E-state index contributed by atoms with van der Waals surface area (Å²) in [5.74, 6) is -0.216. The molecule has 32 heavy (non-hydrogen) atoms. The fourth-order valence-corrected chi connectivity index (χ4v) is 4.01. The molecule has 0 bridgehead atoms. The standard InChI is InChI=1S/C26H30N4O2/c1-19-4-10-25(11-5-19)30-20(2)16-24(21(30)3)17-27-28-26(31)23-8-6-22(7-9-23)18-29-12-14-32-15-13-29/h4-11,16-17H,12-15,18H2,1-3H3,(H,28,31)/b27-17-. The van der Waals surface area contributed by atoms with Crippen LogP contribution in [0.1, 0.15) is 38.4 Å². The summed E-state index contributed by atoms with van der Waals surface area (Å²) in [5, 5.41) is 4.20. The summed E-state index contributed by atoms with van der Waals surface area (Å²) in [6, 6.07) is 18.2. The van der Waals surface area contributed by atoms with Crippen LogP contribution >= 0.6 is 0 Å². The lowest BCUT2D eigenvalue weighted by Gasteiger charge is -2.26. The van der Waals surface area contributed by atoms with Gasteiger partial charge in [-0.1, -0.05) is 29.8 Å². The van der Waals surface area contributed by atoms with Crippen molar-refractivity contribution in [2.45, 2.75) is 27.3 Å². The number of nitrogens with one attached hydrogen (secondary N) is 1. The molecule has 1 aliphatic heterocycles. The molecule has 0 unspecified atom stereocenters. The molecule has 2 aromatic carbocycles. The van der Waals surface area contributed by atoms with Crippen LogP contribution in [-0.2, 0) is 11.3 Å². The van der Waals surface area contributed by atoms with E-state index in [4.69, 9.17) is 4.74 Å². The molecule has 0 radical (unpaired) electrons. The Balaban J connectivity index is 1.38. The second-order valence-electron chi connectivity index (χ2n) is 8.28. The molecule has 1 amide bonds. The van der Waals surface area contributed by atoms with Crippen molar-refractivity contribution in [3.8, 4) is 5.69 Å². The predicted molar refractivity (Wildman–Crippen MR) is 128 cm³/mol. The molecule has 0 spiro atoms. The van der Waals surface area contributed by atoms with E-state index in [9.17, 15) is 4.79 Å². The van der Waals surface area contributed by atoms with Crippen LogP contribution < -0.4 is 5.43 Å². The molecule has 166 valence electrons. The zero-order valence-corrected chi connectivity index (χ0v) is 19.0. The lowest BCUT2D eigenvalue weighted by molar-refractivity contribution is 0.0342. The van der Waals surface area contributed by atoms with Gasteiger partial charge in [0.25, 0.3) is 5.91 Å². The highest BCUT2D eigenvalue weighted by atomic mass is 16.5. The predicted octanol–water partition coefficient (Wildman–Crippen LogP) is 4.00. The van der Waals surface area contributed by atoms with Crippen LogP contribution in [0.5, 0.6) is 0 Å². The molecule has 1 aliphatic rings.